The zero-order valence-corrected chi connectivity index (χ0v) is 9.88. The Hall–Kier alpha value is -2.11. The van der Waals surface area contributed by atoms with E-state index in [2.05, 4.69) is 17.0 Å². The SMILES string of the molecule is CC(C1CC1)n1ncc2c(=O)c(C(=O)O)c[nH]c21. The van der Waals surface area contributed by atoms with E-state index in [-0.39, 0.29) is 11.6 Å². The summed E-state index contributed by atoms with van der Waals surface area (Å²) in [5.41, 5.74) is -0.129. The summed E-state index contributed by atoms with van der Waals surface area (Å²) in [6.07, 6.45) is 5.05. The first kappa shape index (κ1) is 11.0. The van der Waals surface area contributed by atoms with Crippen molar-refractivity contribution in [2.45, 2.75) is 25.8 Å². The predicted molar refractivity (Wildman–Crippen MR) is 64.7 cm³/mol. The van der Waals surface area contributed by atoms with Gasteiger partial charge in [0.2, 0.25) is 5.43 Å². The molecular formula is C12H13N3O3. The van der Waals surface area contributed by atoms with Gasteiger partial charge in [0.15, 0.2) is 0 Å². The number of rotatable bonds is 3. The third kappa shape index (κ3) is 1.53. The van der Waals surface area contributed by atoms with Crippen LogP contribution in [-0.4, -0.2) is 25.8 Å². The van der Waals surface area contributed by atoms with E-state index >= 15 is 0 Å². The van der Waals surface area contributed by atoms with E-state index < -0.39 is 11.4 Å². The van der Waals surface area contributed by atoms with Crippen molar-refractivity contribution in [3.63, 3.8) is 0 Å². The van der Waals surface area contributed by atoms with Crippen LogP contribution in [0.3, 0.4) is 0 Å². The third-order valence-corrected chi connectivity index (χ3v) is 3.56. The maximum Gasteiger partial charge on any atom is 0.341 e. The van der Waals surface area contributed by atoms with Gasteiger partial charge < -0.3 is 10.1 Å². The Bertz CT molecular complexity index is 681. The molecule has 0 saturated heterocycles. The molecule has 2 aromatic heterocycles. The van der Waals surface area contributed by atoms with Crippen LogP contribution in [0.25, 0.3) is 11.0 Å². The second-order valence-electron chi connectivity index (χ2n) is 4.77. The molecule has 0 aliphatic heterocycles. The first-order valence-corrected chi connectivity index (χ1v) is 5.92. The quantitative estimate of drug-likeness (QED) is 0.857. The molecule has 0 spiro atoms. The fraction of sp³-hybridized carbons (Fsp3) is 0.417. The molecule has 1 saturated carbocycles. The van der Waals surface area contributed by atoms with Gasteiger partial charge >= 0.3 is 5.97 Å². The standard InChI is InChI=1S/C12H13N3O3/c1-6(7-2-3-7)15-11-8(5-14-15)10(16)9(4-13-11)12(17)18/h4-7H,2-3H2,1H3,(H,13,16)(H,17,18). The summed E-state index contributed by atoms with van der Waals surface area (Å²) in [4.78, 5) is 25.7. The van der Waals surface area contributed by atoms with Gasteiger partial charge in [0, 0.05) is 6.20 Å². The molecule has 6 heteroatoms. The molecule has 3 rings (SSSR count). The zero-order valence-electron chi connectivity index (χ0n) is 9.88. The number of nitrogens with one attached hydrogen (secondary N) is 1. The van der Waals surface area contributed by atoms with Gasteiger partial charge in [0.25, 0.3) is 0 Å². The number of hydrogen-bond donors (Lipinski definition) is 2. The lowest BCUT2D eigenvalue weighted by Crippen LogP contribution is -2.16. The van der Waals surface area contributed by atoms with Crippen LogP contribution in [0.1, 0.15) is 36.2 Å². The van der Waals surface area contributed by atoms with Crippen LogP contribution < -0.4 is 5.43 Å². The molecule has 0 aromatic carbocycles. The smallest absolute Gasteiger partial charge is 0.341 e. The lowest BCUT2D eigenvalue weighted by Gasteiger charge is -2.11. The molecule has 2 heterocycles. The Labute approximate surface area is 102 Å². The summed E-state index contributed by atoms with van der Waals surface area (Å²) in [5.74, 6) is -0.614. The molecule has 94 valence electrons. The van der Waals surface area contributed by atoms with Crippen LogP contribution in [0.4, 0.5) is 0 Å². The number of pyridine rings is 1. The Morgan fingerprint density at radius 3 is 2.94 bits per heavy atom. The maximum atomic E-state index is 11.9. The van der Waals surface area contributed by atoms with Crippen molar-refractivity contribution in [1.29, 1.82) is 0 Å². The summed E-state index contributed by atoms with van der Waals surface area (Å²) in [5, 5.41) is 13.4. The zero-order chi connectivity index (χ0) is 12.9. The van der Waals surface area contributed by atoms with Gasteiger partial charge in [0.1, 0.15) is 11.2 Å². The van der Waals surface area contributed by atoms with Crippen LogP contribution >= 0.6 is 0 Å². The third-order valence-electron chi connectivity index (χ3n) is 3.56. The van der Waals surface area contributed by atoms with Gasteiger partial charge in [0.05, 0.1) is 17.6 Å². The first-order chi connectivity index (χ1) is 8.59. The summed E-state index contributed by atoms with van der Waals surface area (Å²) < 4.78 is 1.78. The normalized spacial score (nSPS) is 16.9. The Balaban J connectivity index is 2.18. The molecule has 1 atom stereocenters. The average Bonchev–Trinajstić information content (AvgIpc) is 3.08. The first-order valence-electron chi connectivity index (χ1n) is 5.92. The van der Waals surface area contributed by atoms with Crippen LogP contribution in [0.2, 0.25) is 0 Å². The van der Waals surface area contributed by atoms with E-state index in [1.54, 1.807) is 4.68 Å². The van der Waals surface area contributed by atoms with Crippen LogP contribution in [-0.2, 0) is 0 Å². The van der Waals surface area contributed by atoms with E-state index in [1.807, 2.05) is 0 Å². The molecule has 0 radical (unpaired) electrons. The van der Waals surface area contributed by atoms with E-state index in [0.29, 0.717) is 17.0 Å². The summed E-state index contributed by atoms with van der Waals surface area (Å²) in [6, 6.07) is 0.230. The minimum Gasteiger partial charge on any atom is -0.477 e. The van der Waals surface area contributed by atoms with Gasteiger partial charge in [-0.25, -0.2) is 9.48 Å². The lowest BCUT2D eigenvalue weighted by molar-refractivity contribution is 0.0695. The molecule has 1 aliphatic carbocycles. The minimum absolute atomic E-state index is 0.230. The number of nitrogens with zero attached hydrogens (tertiary/aromatic N) is 2. The van der Waals surface area contributed by atoms with Gasteiger partial charge in [-0.1, -0.05) is 0 Å². The molecule has 2 aromatic rings. The Kier molecular flexibility index (Phi) is 2.26. The van der Waals surface area contributed by atoms with Crippen molar-refractivity contribution < 1.29 is 9.90 Å². The average molecular weight is 247 g/mol. The number of fused-ring (bicyclic) bond motifs is 1. The fourth-order valence-electron chi connectivity index (χ4n) is 2.27. The van der Waals surface area contributed by atoms with E-state index in [1.165, 1.54) is 25.2 Å². The number of carboxylic acids is 1. The van der Waals surface area contributed by atoms with Crippen LogP contribution in [0, 0.1) is 5.92 Å². The van der Waals surface area contributed by atoms with Crippen LogP contribution in [0.5, 0.6) is 0 Å². The van der Waals surface area contributed by atoms with Crippen molar-refractivity contribution >= 4 is 17.0 Å². The summed E-state index contributed by atoms with van der Waals surface area (Å²) >= 11 is 0. The predicted octanol–water partition coefficient (Wildman–Crippen LogP) is 1.39. The molecule has 6 nitrogen and oxygen atoms in total. The second kappa shape index (κ2) is 3.69. The van der Waals surface area contributed by atoms with Crippen molar-refractivity contribution in [2.24, 2.45) is 5.92 Å². The molecule has 1 aliphatic rings. The fourth-order valence-corrected chi connectivity index (χ4v) is 2.27. The van der Waals surface area contributed by atoms with Crippen molar-refractivity contribution in [2.75, 3.05) is 0 Å². The molecule has 0 amide bonds. The highest BCUT2D eigenvalue weighted by Crippen LogP contribution is 2.39. The van der Waals surface area contributed by atoms with Gasteiger partial charge in [-0.05, 0) is 25.7 Å². The largest absolute Gasteiger partial charge is 0.477 e. The number of aromatic nitrogens is 3. The van der Waals surface area contributed by atoms with Gasteiger partial charge in [-0.3, -0.25) is 4.79 Å². The molecule has 1 unspecified atom stereocenters. The molecular weight excluding hydrogens is 234 g/mol. The number of H-pyrrole nitrogens is 1. The van der Waals surface area contributed by atoms with Gasteiger partial charge in [-0.2, -0.15) is 5.10 Å². The van der Waals surface area contributed by atoms with E-state index in [4.69, 9.17) is 5.11 Å². The highest BCUT2D eigenvalue weighted by atomic mass is 16.4. The molecule has 0 bridgehead atoms. The molecule has 18 heavy (non-hydrogen) atoms. The highest BCUT2D eigenvalue weighted by Gasteiger charge is 2.31. The maximum absolute atomic E-state index is 11.9. The number of carboxylic acid groups (broad SMARTS) is 1. The topological polar surface area (TPSA) is 88.0 Å². The lowest BCUT2D eigenvalue weighted by atomic mass is 10.2. The molecule has 2 N–H and O–H groups in total. The van der Waals surface area contributed by atoms with Crippen molar-refractivity contribution in [3.8, 4) is 0 Å². The summed E-state index contributed by atoms with van der Waals surface area (Å²) in [6.45, 7) is 2.06. The number of aromatic amines is 1. The van der Waals surface area contributed by atoms with Crippen molar-refractivity contribution in [3.05, 3.63) is 28.2 Å². The number of aromatic carboxylic acids is 1. The highest BCUT2D eigenvalue weighted by molar-refractivity contribution is 5.91. The summed E-state index contributed by atoms with van der Waals surface area (Å²) in [7, 11) is 0. The van der Waals surface area contributed by atoms with Crippen LogP contribution in [0.15, 0.2) is 17.2 Å². The molecule has 1 fully saturated rings. The number of hydrogen-bond acceptors (Lipinski definition) is 3. The number of carbonyl (C=O) groups is 1. The monoisotopic (exact) mass is 247 g/mol. The van der Waals surface area contributed by atoms with E-state index in [9.17, 15) is 9.59 Å². The van der Waals surface area contributed by atoms with Gasteiger partial charge in [-0.15, -0.1) is 0 Å². The minimum atomic E-state index is -1.22. The van der Waals surface area contributed by atoms with E-state index in [0.717, 1.165) is 0 Å². The second-order valence-corrected chi connectivity index (χ2v) is 4.77. The van der Waals surface area contributed by atoms with Crippen molar-refractivity contribution in [1.82, 2.24) is 14.8 Å². The Morgan fingerprint density at radius 1 is 1.61 bits per heavy atom. The Morgan fingerprint density at radius 2 is 2.33 bits per heavy atom.